The van der Waals surface area contributed by atoms with Crippen LogP contribution in [0.2, 0.25) is 0 Å². The summed E-state index contributed by atoms with van der Waals surface area (Å²) in [4.78, 5) is 32.1. The highest BCUT2D eigenvalue weighted by Gasteiger charge is 2.30. The van der Waals surface area contributed by atoms with Crippen LogP contribution in [0.3, 0.4) is 0 Å². The van der Waals surface area contributed by atoms with E-state index in [1.165, 1.54) is 18.3 Å². The fourth-order valence-electron chi connectivity index (χ4n) is 3.31. The van der Waals surface area contributed by atoms with Crippen LogP contribution in [-0.4, -0.2) is 65.9 Å². The number of nitrogens with one attached hydrogen (secondary N) is 2. The Hall–Kier alpha value is -3.14. The van der Waals surface area contributed by atoms with Gasteiger partial charge in [-0.25, -0.2) is 4.98 Å². The molecule has 2 amide bonds. The lowest BCUT2D eigenvalue weighted by Gasteiger charge is -2.34. The van der Waals surface area contributed by atoms with Gasteiger partial charge in [0.2, 0.25) is 5.91 Å². The number of nitrogens with zero attached hydrogens (tertiary/aromatic N) is 3. The van der Waals surface area contributed by atoms with Crippen LogP contribution in [0.4, 0.5) is 24.7 Å². The first-order chi connectivity index (χ1) is 14.7. The molecule has 2 N–H and O–H groups in total. The van der Waals surface area contributed by atoms with Gasteiger partial charge in [0.05, 0.1) is 11.1 Å². The number of carbonyl (C=O) groups excluding carboxylic acids is 2. The third kappa shape index (κ3) is 6.17. The molecular weight excluding hydrogens is 411 g/mol. The molecule has 0 aliphatic carbocycles. The zero-order valence-electron chi connectivity index (χ0n) is 17.1. The normalized spacial score (nSPS) is 14.9. The van der Waals surface area contributed by atoms with Crippen LogP contribution < -0.4 is 10.6 Å². The summed E-state index contributed by atoms with van der Waals surface area (Å²) in [5.41, 5.74) is -0.364. The number of benzene rings is 1. The maximum atomic E-state index is 12.9. The van der Waals surface area contributed by atoms with Gasteiger partial charge in [-0.05, 0) is 30.3 Å². The van der Waals surface area contributed by atoms with E-state index in [0.29, 0.717) is 26.2 Å². The van der Waals surface area contributed by atoms with E-state index in [-0.39, 0.29) is 28.9 Å². The summed E-state index contributed by atoms with van der Waals surface area (Å²) in [5, 5.41) is 5.62. The Morgan fingerprint density at radius 3 is 2.52 bits per heavy atom. The number of hydrogen-bond acceptors (Lipinski definition) is 5. The fraction of sp³-hybridized carbons (Fsp3) is 0.381. The first kappa shape index (κ1) is 22.5. The average molecular weight is 435 g/mol. The third-order valence-electron chi connectivity index (χ3n) is 5.04. The smallest absolute Gasteiger partial charge is 0.351 e. The van der Waals surface area contributed by atoms with Gasteiger partial charge in [-0.3, -0.25) is 14.5 Å². The van der Waals surface area contributed by atoms with Gasteiger partial charge in [-0.1, -0.05) is 6.07 Å². The van der Waals surface area contributed by atoms with Gasteiger partial charge in [0, 0.05) is 58.1 Å². The second kappa shape index (κ2) is 9.78. The lowest BCUT2D eigenvalue weighted by atomic mass is 10.2. The van der Waals surface area contributed by atoms with Crippen LogP contribution in [0.15, 0.2) is 42.6 Å². The number of anilines is 2. The molecule has 1 aliphatic rings. The Kier molecular flexibility index (Phi) is 7.11. The predicted octanol–water partition coefficient (Wildman–Crippen LogP) is 2.74. The molecule has 2 heterocycles. The fourth-order valence-corrected chi connectivity index (χ4v) is 3.31. The van der Waals surface area contributed by atoms with Crippen LogP contribution in [0.1, 0.15) is 22.8 Å². The van der Waals surface area contributed by atoms with E-state index in [4.69, 9.17) is 0 Å². The lowest BCUT2D eigenvalue weighted by Crippen LogP contribution is -2.49. The molecule has 1 aliphatic heterocycles. The molecule has 1 saturated heterocycles. The van der Waals surface area contributed by atoms with Gasteiger partial charge in [0.25, 0.3) is 5.91 Å². The van der Waals surface area contributed by atoms with Crippen LogP contribution in [0, 0.1) is 0 Å². The molecule has 0 bridgehead atoms. The number of rotatable bonds is 6. The molecule has 0 unspecified atom stereocenters. The number of amides is 2. The minimum Gasteiger partial charge on any atom is -0.351 e. The van der Waals surface area contributed by atoms with E-state index >= 15 is 0 Å². The van der Waals surface area contributed by atoms with Crippen molar-refractivity contribution in [3.8, 4) is 0 Å². The van der Waals surface area contributed by atoms with Crippen molar-refractivity contribution >= 4 is 23.3 Å². The quantitative estimate of drug-likeness (QED) is 0.730. The van der Waals surface area contributed by atoms with Crippen molar-refractivity contribution in [2.45, 2.75) is 13.1 Å². The highest BCUT2D eigenvalue weighted by Crippen LogP contribution is 2.31. The van der Waals surface area contributed by atoms with E-state index < -0.39 is 11.7 Å². The lowest BCUT2D eigenvalue weighted by molar-refractivity contribution is -0.137. The first-order valence-corrected chi connectivity index (χ1v) is 9.89. The van der Waals surface area contributed by atoms with Gasteiger partial charge in [0.15, 0.2) is 0 Å². The zero-order valence-corrected chi connectivity index (χ0v) is 17.1. The molecule has 166 valence electrons. The molecule has 31 heavy (non-hydrogen) atoms. The molecule has 1 aromatic carbocycles. The van der Waals surface area contributed by atoms with Gasteiger partial charge in [-0.15, -0.1) is 0 Å². The molecule has 1 aromatic heterocycles. The molecule has 3 rings (SSSR count). The second-order valence-electron chi connectivity index (χ2n) is 7.21. The van der Waals surface area contributed by atoms with E-state index in [1.807, 2.05) is 0 Å². The maximum Gasteiger partial charge on any atom is 0.416 e. The maximum absolute atomic E-state index is 12.9. The minimum atomic E-state index is -4.46. The molecule has 0 radical (unpaired) electrons. The molecule has 10 heteroatoms. The summed E-state index contributed by atoms with van der Waals surface area (Å²) in [5.74, 6) is -0.135. The van der Waals surface area contributed by atoms with Crippen LogP contribution in [0.5, 0.6) is 0 Å². The Morgan fingerprint density at radius 1 is 1.10 bits per heavy atom. The molecule has 0 spiro atoms. The monoisotopic (exact) mass is 435 g/mol. The van der Waals surface area contributed by atoms with Gasteiger partial charge in [0.1, 0.15) is 5.82 Å². The van der Waals surface area contributed by atoms with Crippen molar-refractivity contribution in [2.24, 2.45) is 0 Å². The summed E-state index contributed by atoms with van der Waals surface area (Å²) in [6, 6.07) is 7.87. The number of carbonyl (C=O) groups is 2. The molecular formula is C21H24F3N5O2. The zero-order chi connectivity index (χ0) is 22.4. The highest BCUT2D eigenvalue weighted by atomic mass is 19.4. The van der Waals surface area contributed by atoms with Crippen molar-refractivity contribution in [1.29, 1.82) is 0 Å². The van der Waals surface area contributed by atoms with Crippen LogP contribution in [-0.2, 0) is 11.0 Å². The predicted molar refractivity (Wildman–Crippen MR) is 110 cm³/mol. The van der Waals surface area contributed by atoms with Crippen molar-refractivity contribution in [1.82, 2.24) is 20.1 Å². The summed E-state index contributed by atoms with van der Waals surface area (Å²) in [7, 11) is 0. The van der Waals surface area contributed by atoms with Crippen molar-refractivity contribution in [3.05, 3.63) is 53.7 Å². The van der Waals surface area contributed by atoms with Crippen molar-refractivity contribution in [3.63, 3.8) is 0 Å². The Morgan fingerprint density at radius 2 is 1.84 bits per heavy atom. The second-order valence-corrected chi connectivity index (χ2v) is 7.21. The summed E-state index contributed by atoms with van der Waals surface area (Å²) >= 11 is 0. The molecule has 0 saturated carbocycles. The summed E-state index contributed by atoms with van der Waals surface area (Å²) in [6.07, 6.45) is -3.00. The molecule has 1 fully saturated rings. The number of aromatic nitrogens is 1. The van der Waals surface area contributed by atoms with E-state index in [2.05, 4.69) is 20.5 Å². The SMILES string of the molecule is CC(=O)N1CCN(CCNC(=O)c2cccnc2Nc2cccc(C(F)(F)F)c2)CC1. The van der Waals surface area contributed by atoms with Gasteiger partial charge in [-0.2, -0.15) is 13.2 Å². The van der Waals surface area contributed by atoms with E-state index in [9.17, 15) is 22.8 Å². The number of alkyl halides is 3. The van der Waals surface area contributed by atoms with Crippen LogP contribution >= 0.6 is 0 Å². The third-order valence-corrected chi connectivity index (χ3v) is 5.04. The van der Waals surface area contributed by atoms with Crippen LogP contribution in [0.25, 0.3) is 0 Å². The minimum absolute atomic E-state index is 0.0605. The largest absolute Gasteiger partial charge is 0.416 e. The number of hydrogen-bond donors (Lipinski definition) is 2. The molecule has 0 atom stereocenters. The number of pyridine rings is 1. The van der Waals surface area contributed by atoms with Crippen molar-refractivity contribution < 1.29 is 22.8 Å². The van der Waals surface area contributed by atoms with E-state index in [0.717, 1.165) is 25.2 Å². The summed E-state index contributed by atoms with van der Waals surface area (Å²) in [6.45, 7) is 5.39. The average Bonchev–Trinajstić information content (AvgIpc) is 2.74. The summed E-state index contributed by atoms with van der Waals surface area (Å²) < 4.78 is 38.8. The van der Waals surface area contributed by atoms with Gasteiger partial charge < -0.3 is 15.5 Å². The van der Waals surface area contributed by atoms with Crippen molar-refractivity contribution in [2.75, 3.05) is 44.6 Å². The Balaban J connectivity index is 1.58. The van der Waals surface area contributed by atoms with Gasteiger partial charge >= 0.3 is 6.18 Å². The standard InChI is InChI=1S/C21H24F3N5O2/c1-15(30)29-12-10-28(11-13-29)9-8-26-20(31)18-6-3-7-25-19(18)27-17-5-2-4-16(14-17)21(22,23)24/h2-7,14H,8-13H2,1H3,(H,25,27)(H,26,31). The number of piperazine rings is 1. The topological polar surface area (TPSA) is 77.6 Å². The first-order valence-electron chi connectivity index (χ1n) is 9.89. The van der Waals surface area contributed by atoms with E-state index in [1.54, 1.807) is 24.0 Å². The molecule has 7 nitrogen and oxygen atoms in total. The highest BCUT2D eigenvalue weighted by molar-refractivity contribution is 5.99. The Bertz CT molecular complexity index is 927. The number of halogens is 3. The molecule has 2 aromatic rings. The Labute approximate surface area is 178 Å².